The summed E-state index contributed by atoms with van der Waals surface area (Å²) < 4.78 is 0. The highest BCUT2D eigenvalue weighted by atomic mass is 16.3. The monoisotopic (exact) mass is 1000 g/mol. The Morgan fingerprint density at radius 3 is 0.917 bits per heavy atom. The summed E-state index contributed by atoms with van der Waals surface area (Å²) in [6.07, 6.45) is 90.7. The lowest BCUT2D eigenvalue weighted by Crippen LogP contribution is -2.45. The van der Waals surface area contributed by atoms with E-state index in [4.69, 9.17) is 0 Å². The fraction of sp³-hybridized carbons (Fsp3) is 0.809. The van der Waals surface area contributed by atoms with E-state index in [1.54, 1.807) is 0 Å². The third kappa shape index (κ3) is 58.7. The van der Waals surface area contributed by atoms with Crippen LogP contribution in [0.3, 0.4) is 0 Å². The summed E-state index contributed by atoms with van der Waals surface area (Å²) in [6.45, 7) is 4.27. The van der Waals surface area contributed by atoms with Gasteiger partial charge < -0.3 is 15.5 Å². The number of allylic oxidation sites excluding steroid dienone is 12. The van der Waals surface area contributed by atoms with Crippen LogP contribution in [0.2, 0.25) is 0 Å². The first-order valence-electron chi connectivity index (χ1n) is 32.1. The van der Waals surface area contributed by atoms with Gasteiger partial charge in [-0.25, -0.2) is 0 Å². The summed E-state index contributed by atoms with van der Waals surface area (Å²) in [5.41, 5.74) is 0. The third-order valence-electron chi connectivity index (χ3n) is 14.7. The minimum Gasteiger partial charge on any atom is -0.394 e. The molecule has 0 saturated carbocycles. The van der Waals surface area contributed by atoms with Gasteiger partial charge in [-0.1, -0.05) is 337 Å². The average Bonchev–Trinajstić information content (AvgIpc) is 3.39. The summed E-state index contributed by atoms with van der Waals surface area (Å²) in [7, 11) is 0. The standard InChI is InChI=1S/C68H125NO3/c1-3-5-7-9-11-13-15-17-19-21-23-25-26-27-28-29-30-31-32-33-34-35-36-37-38-39-40-41-42-44-46-48-50-52-54-56-58-60-62-64-68(72)69-66(65-70)67(71)63-61-59-57-55-53-51-49-47-45-43-24-22-20-18-16-14-12-10-8-6-4-2/h5,7,11,13,17,19,23,25,27-28,30-31,66-67,70-71H,3-4,6,8-10,12,14-16,18,20-22,24,26,29,32-65H2,1-2H3,(H,69,72)/b7-5-,13-11-,19-17-,25-23-,28-27-,31-30-. The molecule has 72 heavy (non-hydrogen) atoms. The number of unbranched alkanes of at least 4 members (excludes halogenated alkanes) is 40. The van der Waals surface area contributed by atoms with Crippen molar-refractivity contribution in [1.82, 2.24) is 5.32 Å². The van der Waals surface area contributed by atoms with Crippen molar-refractivity contribution < 1.29 is 15.0 Å². The lowest BCUT2D eigenvalue weighted by molar-refractivity contribution is -0.123. The van der Waals surface area contributed by atoms with Gasteiger partial charge in [0.15, 0.2) is 0 Å². The molecule has 2 atom stereocenters. The number of carbonyl (C=O) groups excluding carboxylic acids is 1. The Morgan fingerprint density at radius 1 is 0.347 bits per heavy atom. The van der Waals surface area contributed by atoms with Crippen molar-refractivity contribution in [3.05, 3.63) is 72.9 Å². The smallest absolute Gasteiger partial charge is 0.220 e. The van der Waals surface area contributed by atoms with Crippen LogP contribution in [0.1, 0.15) is 335 Å². The maximum Gasteiger partial charge on any atom is 0.220 e. The van der Waals surface area contributed by atoms with Crippen LogP contribution in [0.5, 0.6) is 0 Å². The highest BCUT2D eigenvalue weighted by Crippen LogP contribution is 2.18. The number of aliphatic hydroxyl groups is 2. The van der Waals surface area contributed by atoms with Gasteiger partial charge in [0.05, 0.1) is 18.8 Å². The van der Waals surface area contributed by atoms with Gasteiger partial charge >= 0.3 is 0 Å². The first kappa shape index (κ1) is 69.8. The molecule has 0 heterocycles. The molecule has 2 unspecified atom stereocenters. The maximum absolute atomic E-state index is 12.5. The number of carbonyl (C=O) groups is 1. The van der Waals surface area contributed by atoms with Crippen LogP contribution >= 0.6 is 0 Å². The summed E-state index contributed by atoms with van der Waals surface area (Å²) in [6, 6.07) is -0.538. The van der Waals surface area contributed by atoms with Crippen LogP contribution in [0.4, 0.5) is 0 Å². The maximum atomic E-state index is 12.5. The summed E-state index contributed by atoms with van der Waals surface area (Å²) in [5.74, 6) is -0.0263. The number of hydrogen-bond acceptors (Lipinski definition) is 3. The van der Waals surface area contributed by atoms with Gasteiger partial charge in [-0.2, -0.15) is 0 Å². The predicted octanol–water partition coefficient (Wildman–Crippen LogP) is 21.7. The molecule has 0 saturated heterocycles. The number of aliphatic hydroxyl groups excluding tert-OH is 2. The first-order valence-corrected chi connectivity index (χ1v) is 32.1. The molecule has 0 aromatic carbocycles. The Labute approximate surface area is 450 Å². The van der Waals surface area contributed by atoms with E-state index in [0.717, 1.165) is 64.2 Å². The lowest BCUT2D eigenvalue weighted by atomic mass is 10.0. The average molecular weight is 1000 g/mol. The largest absolute Gasteiger partial charge is 0.394 e. The topological polar surface area (TPSA) is 69.6 Å². The molecule has 0 bridgehead atoms. The zero-order valence-electron chi connectivity index (χ0n) is 48.4. The quantitative estimate of drug-likeness (QED) is 0.0420. The van der Waals surface area contributed by atoms with Crippen molar-refractivity contribution >= 4 is 5.91 Å². The SMILES string of the molecule is CC/C=C\C/C=C\C/C=C\C/C=C\C/C=C\C/C=C\CCCCCCCCCCCCCCCCCCCCCCC(=O)NC(CO)C(O)CCCCCCCCCCCCCCCCCCCCCCC. The Balaban J connectivity index is 3.43. The van der Waals surface area contributed by atoms with E-state index in [0.29, 0.717) is 12.8 Å². The van der Waals surface area contributed by atoms with Crippen molar-refractivity contribution in [2.45, 2.75) is 347 Å². The van der Waals surface area contributed by atoms with E-state index in [9.17, 15) is 15.0 Å². The second-order valence-electron chi connectivity index (χ2n) is 21.8. The van der Waals surface area contributed by atoms with Crippen LogP contribution in [0.15, 0.2) is 72.9 Å². The van der Waals surface area contributed by atoms with Crippen LogP contribution in [-0.4, -0.2) is 34.9 Å². The van der Waals surface area contributed by atoms with Gasteiger partial charge in [0.25, 0.3) is 0 Å². The van der Waals surface area contributed by atoms with Gasteiger partial charge in [-0.05, 0) is 64.2 Å². The zero-order chi connectivity index (χ0) is 52.0. The second-order valence-corrected chi connectivity index (χ2v) is 21.8. The van der Waals surface area contributed by atoms with E-state index in [1.165, 1.54) is 244 Å². The highest BCUT2D eigenvalue weighted by Gasteiger charge is 2.20. The molecule has 0 aromatic heterocycles. The number of nitrogens with one attached hydrogen (secondary N) is 1. The van der Waals surface area contributed by atoms with Gasteiger partial charge in [-0.15, -0.1) is 0 Å². The van der Waals surface area contributed by atoms with E-state index < -0.39 is 12.1 Å². The predicted molar refractivity (Wildman–Crippen MR) is 322 cm³/mol. The second kappa shape index (κ2) is 63.1. The fourth-order valence-electron chi connectivity index (χ4n) is 9.90. The number of rotatable bonds is 59. The Hall–Kier alpha value is -2.17. The van der Waals surface area contributed by atoms with Crippen LogP contribution in [0.25, 0.3) is 0 Å². The molecule has 1 amide bonds. The molecule has 0 spiro atoms. The van der Waals surface area contributed by atoms with E-state index in [2.05, 4.69) is 92.1 Å². The first-order chi connectivity index (χ1) is 35.7. The zero-order valence-corrected chi connectivity index (χ0v) is 48.4. The van der Waals surface area contributed by atoms with Crippen LogP contribution in [0, 0.1) is 0 Å². The van der Waals surface area contributed by atoms with Crippen molar-refractivity contribution in [3.8, 4) is 0 Å². The Kier molecular flexibility index (Phi) is 61.2. The molecule has 0 aliphatic heterocycles. The molecule has 0 aromatic rings. The van der Waals surface area contributed by atoms with Crippen molar-refractivity contribution in [2.75, 3.05) is 6.61 Å². The van der Waals surface area contributed by atoms with Crippen molar-refractivity contribution in [2.24, 2.45) is 0 Å². The number of amides is 1. The molecule has 0 aliphatic carbocycles. The van der Waals surface area contributed by atoms with Gasteiger partial charge in [0.1, 0.15) is 0 Å². The molecular weight excluding hydrogens is 879 g/mol. The summed E-state index contributed by atoms with van der Waals surface area (Å²) in [5, 5.41) is 23.4. The molecule has 4 heteroatoms. The molecule has 0 radical (unpaired) electrons. The molecule has 0 aliphatic rings. The van der Waals surface area contributed by atoms with Crippen molar-refractivity contribution in [1.29, 1.82) is 0 Å². The summed E-state index contributed by atoms with van der Waals surface area (Å²) >= 11 is 0. The third-order valence-corrected chi connectivity index (χ3v) is 14.7. The van der Waals surface area contributed by atoms with Gasteiger partial charge in [0.2, 0.25) is 5.91 Å². The Bertz CT molecular complexity index is 1230. The molecule has 0 rings (SSSR count). The van der Waals surface area contributed by atoms with E-state index in [-0.39, 0.29) is 12.5 Å². The van der Waals surface area contributed by atoms with Gasteiger partial charge in [-0.3, -0.25) is 4.79 Å². The minimum absolute atomic E-state index is 0.0263. The molecule has 420 valence electrons. The van der Waals surface area contributed by atoms with Gasteiger partial charge in [0, 0.05) is 6.42 Å². The molecular formula is C68H125NO3. The van der Waals surface area contributed by atoms with Crippen LogP contribution in [-0.2, 0) is 4.79 Å². The van der Waals surface area contributed by atoms with Crippen molar-refractivity contribution in [3.63, 3.8) is 0 Å². The molecule has 0 fully saturated rings. The normalized spacial score (nSPS) is 13.2. The number of hydrogen-bond donors (Lipinski definition) is 3. The fourth-order valence-corrected chi connectivity index (χ4v) is 9.90. The Morgan fingerprint density at radius 2 is 0.611 bits per heavy atom. The van der Waals surface area contributed by atoms with Crippen LogP contribution < -0.4 is 5.32 Å². The van der Waals surface area contributed by atoms with E-state index in [1.807, 2.05) is 0 Å². The minimum atomic E-state index is -0.661. The molecule has 4 nitrogen and oxygen atoms in total. The summed E-state index contributed by atoms with van der Waals surface area (Å²) in [4.78, 5) is 12.5. The molecule has 3 N–H and O–H groups in total. The van der Waals surface area contributed by atoms with E-state index >= 15 is 0 Å². The highest BCUT2D eigenvalue weighted by molar-refractivity contribution is 5.76. The lowest BCUT2D eigenvalue weighted by Gasteiger charge is -2.22.